The number of hydrogen-bond donors (Lipinski definition) is 2. The van der Waals surface area contributed by atoms with E-state index < -0.39 is 5.97 Å². The normalized spacial score (nSPS) is 10.6. The van der Waals surface area contributed by atoms with Crippen molar-refractivity contribution >= 4 is 46.2 Å². The molecule has 4 nitrogen and oxygen atoms in total. The standard InChI is InChI=1S/C13H12Cl2N2O2S/c1-7-4-10(14)17-13(15)12(7)16-6-9-3-2-8(20-9)5-11(18)19/h2-4,16H,5-6H2,1H3,(H,18,19). The summed E-state index contributed by atoms with van der Waals surface area (Å²) in [6.45, 7) is 2.46. The van der Waals surface area contributed by atoms with Crippen molar-refractivity contribution in [2.75, 3.05) is 5.32 Å². The van der Waals surface area contributed by atoms with Gasteiger partial charge in [-0.2, -0.15) is 0 Å². The van der Waals surface area contributed by atoms with Gasteiger partial charge in [-0.3, -0.25) is 4.79 Å². The predicted octanol–water partition coefficient (Wildman–Crippen LogP) is 4.00. The number of nitrogens with zero attached hydrogens (tertiary/aromatic N) is 1. The zero-order chi connectivity index (χ0) is 14.7. The molecule has 0 fully saturated rings. The largest absolute Gasteiger partial charge is 0.481 e. The molecule has 0 radical (unpaired) electrons. The maximum atomic E-state index is 10.6. The molecule has 2 rings (SSSR count). The molecular weight excluding hydrogens is 319 g/mol. The molecule has 2 aromatic heterocycles. The molecule has 0 saturated heterocycles. The summed E-state index contributed by atoms with van der Waals surface area (Å²) in [5, 5.41) is 12.6. The maximum absolute atomic E-state index is 10.6. The number of anilines is 1. The molecule has 0 aromatic carbocycles. The van der Waals surface area contributed by atoms with Gasteiger partial charge in [-0.25, -0.2) is 4.98 Å². The lowest BCUT2D eigenvalue weighted by Crippen LogP contribution is -2.01. The third kappa shape index (κ3) is 3.85. The molecule has 2 aromatic rings. The summed E-state index contributed by atoms with van der Waals surface area (Å²) < 4.78 is 0. The first-order valence-electron chi connectivity index (χ1n) is 5.81. The summed E-state index contributed by atoms with van der Waals surface area (Å²) >= 11 is 13.3. The van der Waals surface area contributed by atoms with E-state index in [0.717, 1.165) is 21.0 Å². The van der Waals surface area contributed by atoms with E-state index in [-0.39, 0.29) is 6.42 Å². The first kappa shape index (κ1) is 15.1. The molecule has 0 aliphatic carbocycles. The summed E-state index contributed by atoms with van der Waals surface area (Å²) in [4.78, 5) is 16.5. The summed E-state index contributed by atoms with van der Waals surface area (Å²) in [6.07, 6.45) is 0.0486. The second-order valence-corrected chi connectivity index (χ2v) is 6.22. The van der Waals surface area contributed by atoms with Crippen LogP contribution in [0.1, 0.15) is 15.3 Å². The van der Waals surface area contributed by atoms with E-state index in [9.17, 15) is 4.79 Å². The van der Waals surface area contributed by atoms with Crippen LogP contribution in [-0.2, 0) is 17.8 Å². The van der Waals surface area contributed by atoms with Crippen molar-refractivity contribution in [2.24, 2.45) is 0 Å². The van der Waals surface area contributed by atoms with E-state index in [1.165, 1.54) is 11.3 Å². The molecule has 0 spiro atoms. The van der Waals surface area contributed by atoms with Crippen molar-refractivity contribution in [1.82, 2.24) is 4.98 Å². The minimum absolute atomic E-state index is 0.0486. The smallest absolute Gasteiger partial charge is 0.308 e. The van der Waals surface area contributed by atoms with Gasteiger partial charge in [-0.15, -0.1) is 11.3 Å². The highest BCUT2D eigenvalue weighted by Crippen LogP contribution is 2.27. The number of carboxylic acid groups (broad SMARTS) is 1. The van der Waals surface area contributed by atoms with E-state index in [4.69, 9.17) is 28.3 Å². The van der Waals surface area contributed by atoms with Crippen LogP contribution in [0.4, 0.5) is 5.69 Å². The van der Waals surface area contributed by atoms with Crippen LogP contribution in [0.25, 0.3) is 0 Å². The molecule has 7 heteroatoms. The van der Waals surface area contributed by atoms with Crippen molar-refractivity contribution < 1.29 is 9.90 Å². The topological polar surface area (TPSA) is 62.2 Å². The first-order valence-corrected chi connectivity index (χ1v) is 7.39. The SMILES string of the molecule is Cc1cc(Cl)nc(Cl)c1NCc1ccc(CC(=O)O)s1. The van der Waals surface area contributed by atoms with Gasteiger partial charge in [0.25, 0.3) is 0 Å². The molecule has 0 amide bonds. The monoisotopic (exact) mass is 330 g/mol. The molecule has 106 valence electrons. The molecule has 0 aliphatic rings. The fourth-order valence-electron chi connectivity index (χ4n) is 1.74. The number of rotatable bonds is 5. The fourth-order valence-corrected chi connectivity index (χ4v) is 3.29. The minimum atomic E-state index is -0.827. The maximum Gasteiger partial charge on any atom is 0.308 e. The lowest BCUT2D eigenvalue weighted by atomic mass is 10.2. The molecule has 2 N–H and O–H groups in total. The quantitative estimate of drug-likeness (QED) is 0.813. The van der Waals surface area contributed by atoms with Gasteiger partial charge in [0.1, 0.15) is 5.15 Å². The van der Waals surface area contributed by atoms with E-state index in [2.05, 4.69) is 10.3 Å². The van der Waals surface area contributed by atoms with Gasteiger partial charge in [0.2, 0.25) is 0 Å². The summed E-state index contributed by atoms with van der Waals surface area (Å²) in [7, 11) is 0. The number of carboxylic acids is 1. The van der Waals surface area contributed by atoms with Gasteiger partial charge in [0.15, 0.2) is 5.15 Å². The molecule has 0 aliphatic heterocycles. The Kier molecular flexibility index (Phi) is 4.86. The lowest BCUT2D eigenvalue weighted by Gasteiger charge is -2.10. The van der Waals surface area contributed by atoms with Crippen LogP contribution in [0.2, 0.25) is 10.3 Å². The Balaban J connectivity index is 2.05. The number of carbonyl (C=O) groups is 1. The number of aryl methyl sites for hydroxylation is 1. The fraction of sp³-hybridized carbons (Fsp3) is 0.231. The predicted molar refractivity (Wildman–Crippen MR) is 82.0 cm³/mol. The summed E-state index contributed by atoms with van der Waals surface area (Å²) in [5.74, 6) is -0.827. The minimum Gasteiger partial charge on any atom is -0.481 e. The van der Waals surface area contributed by atoms with Gasteiger partial charge in [0.05, 0.1) is 12.1 Å². The Morgan fingerprint density at radius 3 is 2.75 bits per heavy atom. The Bertz CT molecular complexity index is 620. The van der Waals surface area contributed by atoms with Crippen LogP contribution < -0.4 is 5.32 Å². The molecular formula is C13H12Cl2N2O2S. The van der Waals surface area contributed by atoms with E-state index in [0.29, 0.717) is 16.9 Å². The number of pyridine rings is 1. The number of halogens is 2. The third-order valence-electron chi connectivity index (χ3n) is 2.62. The van der Waals surface area contributed by atoms with Crippen LogP contribution in [0.3, 0.4) is 0 Å². The average Bonchev–Trinajstić information content (AvgIpc) is 2.74. The highest BCUT2D eigenvalue weighted by molar-refractivity contribution is 7.12. The van der Waals surface area contributed by atoms with Crippen molar-refractivity contribution in [3.05, 3.63) is 43.8 Å². The number of aromatic nitrogens is 1. The van der Waals surface area contributed by atoms with Crippen molar-refractivity contribution in [2.45, 2.75) is 19.9 Å². The highest BCUT2D eigenvalue weighted by Gasteiger charge is 2.09. The average molecular weight is 331 g/mol. The summed E-state index contributed by atoms with van der Waals surface area (Å²) in [6, 6.07) is 5.47. The van der Waals surface area contributed by atoms with E-state index in [1.54, 1.807) is 6.07 Å². The van der Waals surface area contributed by atoms with Crippen molar-refractivity contribution in [3.8, 4) is 0 Å². The van der Waals surface area contributed by atoms with Gasteiger partial charge >= 0.3 is 5.97 Å². The summed E-state index contributed by atoms with van der Waals surface area (Å²) in [5.41, 5.74) is 1.65. The Labute approximate surface area is 130 Å². The second-order valence-electron chi connectivity index (χ2n) is 4.22. The Morgan fingerprint density at radius 2 is 2.10 bits per heavy atom. The molecule has 20 heavy (non-hydrogen) atoms. The van der Waals surface area contributed by atoms with Crippen molar-refractivity contribution in [1.29, 1.82) is 0 Å². The van der Waals surface area contributed by atoms with Crippen LogP contribution in [0.5, 0.6) is 0 Å². The lowest BCUT2D eigenvalue weighted by molar-refractivity contribution is -0.136. The molecule has 0 saturated carbocycles. The van der Waals surface area contributed by atoms with Gasteiger partial charge < -0.3 is 10.4 Å². The highest BCUT2D eigenvalue weighted by atomic mass is 35.5. The molecule has 0 unspecified atom stereocenters. The number of nitrogens with one attached hydrogen (secondary N) is 1. The molecule has 2 heterocycles. The van der Waals surface area contributed by atoms with Gasteiger partial charge in [0, 0.05) is 16.3 Å². The van der Waals surface area contributed by atoms with Crippen LogP contribution in [0.15, 0.2) is 18.2 Å². The van der Waals surface area contributed by atoms with Crippen LogP contribution in [0, 0.1) is 6.92 Å². The third-order valence-corrected chi connectivity index (χ3v) is 4.18. The Hall–Kier alpha value is -1.30. The second kappa shape index (κ2) is 6.43. The van der Waals surface area contributed by atoms with Gasteiger partial charge in [-0.05, 0) is 30.7 Å². The Morgan fingerprint density at radius 1 is 1.40 bits per heavy atom. The van der Waals surface area contributed by atoms with E-state index >= 15 is 0 Å². The molecule has 0 bridgehead atoms. The zero-order valence-corrected chi connectivity index (χ0v) is 12.9. The molecule has 0 atom stereocenters. The van der Waals surface area contributed by atoms with Crippen LogP contribution >= 0.6 is 34.5 Å². The number of aliphatic carboxylic acids is 1. The first-order chi connectivity index (χ1) is 9.45. The number of hydrogen-bond acceptors (Lipinski definition) is 4. The van der Waals surface area contributed by atoms with Crippen molar-refractivity contribution in [3.63, 3.8) is 0 Å². The van der Waals surface area contributed by atoms with Gasteiger partial charge in [-0.1, -0.05) is 23.2 Å². The van der Waals surface area contributed by atoms with E-state index in [1.807, 2.05) is 19.1 Å². The zero-order valence-electron chi connectivity index (χ0n) is 10.6. The number of thiophene rings is 1. The van der Waals surface area contributed by atoms with Crippen LogP contribution in [-0.4, -0.2) is 16.1 Å².